The molecule has 4 nitrogen and oxygen atoms in total. The van der Waals surface area contributed by atoms with Gasteiger partial charge in [-0.3, -0.25) is 4.79 Å². The number of aliphatic hydroxyl groups is 1. The Balaban J connectivity index is 3.99. The zero-order valence-electron chi connectivity index (χ0n) is 8.54. The van der Waals surface area contributed by atoms with Gasteiger partial charge >= 0.3 is 5.97 Å². The summed E-state index contributed by atoms with van der Waals surface area (Å²) in [5, 5.41) is 9.62. The molecule has 0 aliphatic carbocycles. The van der Waals surface area contributed by atoms with E-state index in [1.807, 2.05) is 6.92 Å². The highest BCUT2D eigenvalue weighted by atomic mass is 16.5. The predicted molar refractivity (Wildman–Crippen MR) is 50.1 cm³/mol. The van der Waals surface area contributed by atoms with Gasteiger partial charge in [0.05, 0.1) is 12.2 Å². The maximum Gasteiger partial charge on any atom is 0.323 e. The normalized spacial score (nSPS) is 17.6. The van der Waals surface area contributed by atoms with Crippen molar-refractivity contribution in [2.45, 2.75) is 45.3 Å². The van der Waals surface area contributed by atoms with Crippen molar-refractivity contribution in [3.8, 4) is 0 Å². The van der Waals surface area contributed by atoms with Crippen LogP contribution in [0, 0.1) is 0 Å². The minimum atomic E-state index is -0.883. The first-order chi connectivity index (χ1) is 5.93. The summed E-state index contributed by atoms with van der Waals surface area (Å²) < 4.78 is 4.72. The number of ether oxygens (including phenoxy) is 1. The Labute approximate surface area is 79.1 Å². The highest BCUT2D eigenvalue weighted by molar-refractivity contribution is 5.75. The monoisotopic (exact) mass is 189 g/mol. The Hall–Kier alpha value is -0.610. The molecule has 2 unspecified atom stereocenters. The number of esters is 1. The van der Waals surface area contributed by atoms with Crippen LogP contribution in [0.3, 0.4) is 0 Å². The third-order valence-corrected chi connectivity index (χ3v) is 2.01. The van der Waals surface area contributed by atoms with Crippen LogP contribution in [0.5, 0.6) is 0 Å². The van der Waals surface area contributed by atoms with Crippen LogP contribution < -0.4 is 5.73 Å². The summed E-state index contributed by atoms with van der Waals surface area (Å²) in [7, 11) is 0. The zero-order chi connectivity index (χ0) is 10.5. The summed E-state index contributed by atoms with van der Waals surface area (Å²) in [4.78, 5) is 11.1. The minimum Gasteiger partial charge on any atom is -0.465 e. The molecule has 0 saturated heterocycles. The van der Waals surface area contributed by atoms with Crippen molar-refractivity contribution in [1.29, 1.82) is 0 Å². The number of rotatable bonds is 5. The van der Waals surface area contributed by atoms with Gasteiger partial charge in [-0.1, -0.05) is 6.92 Å². The minimum absolute atomic E-state index is 0.238. The first-order valence-electron chi connectivity index (χ1n) is 4.57. The summed E-state index contributed by atoms with van der Waals surface area (Å²) in [6, 6.07) is -0.727. The maximum absolute atomic E-state index is 11.1. The van der Waals surface area contributed by atoms with Gasteiger partial charge in [0.15, 0.2) is 0 Å². The van der Waals surface area contributed by atoms with Crippen LogP contribution in [0.4, 0.5) is 0 Å². The van der Waals surface area contributed by atoms with Gasteiger partial charge in [0.1, 0.15) is 6.04 Å². The molecule has 0 aromatic heterocycles. The standard InChI is InChI=1S/C9H19NO3/c1-4-9(3,12)6-7(10)8(11)13-5-2/h7,12H,4-6,10H2,1-3H3. The molecule has 3 N–H and O–H groups in total. The van der Waals surface area contributed by atoms with Crippen molar-refractivity contribution in [1.82, 2.24) is 0 Å². The summed E-state index contributed by atoms with van der Waals surface area (Å²) in [6.45, 7) is 5.55. The lowest BCUT2D eigenvalue weighted by Gasteiger charge is -2.23. The summed E-state index contributed by atoms with van der Waals surface area (Å²) in [5.41, 5.74) is 4.65. The smallest absolute Gasteiger partial charge is 0.323 e. The van der Waals surface area contributed by atoms with Crippen molar-refractivity contribution in [3.05, 3.63) is 0 Å². The van der Waals surface area contributed by atoms with Gasteiger partial charge in [-0.05, 0) is 20.3 Å². The van der Waals surface area contributed by atoms with Gasteiger partial charge in [0.25, 0.3) is 0 Å². The SMILES string of the molecule is CCOC(=O)C(N)CC(C)(O)CC. The molecule has 0 amide bonds. The molecule has 0 rings (SSSR count). The van der Waals surface area contributed by atoms with Gasteiger partial charge in [-0.15, -0.1) is 0 Å². The van der Waals surface area contributed by atoms with E-state index in [0.29, 0.717) is 13.0 Å². The molecule has 4 heteroatoms. The van der Waals surface area contributed by atoms with E-state index < -0.39 is 17.6 Å². The molecule has 0 aromatic carbocycles. The quantitative estimate of drug-likeness (QED) is 0.615. The number of hydrogen-bond acceptors (Lipinski definition) is 4. The average Bonchev–Trinajstić information content (AvgIpc) is 2.04. The molecule has 0 fully saturated rings. The largest absolute Gasteiger partial charge is 0.465 e. The summed E-state index contributed by atoms with van der Waals surface area (Å²) in [6.07, 6.45) is 0.808. The van der Waals surface area contributed by atoms with Gasteiger partial charge in [-0.2, -0.15) is 0 Å². The molecular formula is C9H19NO3. The number of carbonyl (C=O) groups excluding carboxylic acids is 1. The fourth-order valence-electron chi connectivity index (χ4n) is 0.951. The zero-order valence-corrected chi connectivity index (χ0v) is 8.54. The lowest BCUT2D eigenvalue weighted by atomic mass is 9.95. The van der Waals surface area contributed by atoms with Crippen LogP contribution in [-0.2, 0) is 9.53 Å². The van der Waals surface area contributed by atoms with Crippen LogP contribution in [0.2, 0.25) is 0 Å². The molecule has 0 aliphatic heterocycles. The van der Waals surface area contributed by atoms with E-state index in [1.54, 1.807) is 13.8 Å². The molecule has 2 atom stereocenters. The number of carbonyl (C=O) groups is 1. The topological polar surface area (TPSA) is 72.5 Å². The van der Waals surface area contributed by atoms with E-state index >= 15 is 0 Å². The third-order valence-electron chi connectivity index (χ3n) is 2.01. The van der Waals surface area contributed by atoms with Crippen LogP contribution in [0.25, 0.3) is 0 Å². The summed E-state index contributed by atoms with van der Waals surface area (Å²) in [5.74, 6) is -0.448. The van der Waals surface area contributed by atoms with Gasteiger partial charge in [0, 0.05) is 6.42 Å². The van der Waals surface area contributed by atoms with Crippen LogP contribution in [0.1, 0.15) is 33.6 Å². The van der Waals surface area contributed by atoms with E-state index in [0.717, 1.165) is 0 Å². The van der Waals surface area contributed by atoms with E-state index in [4.69, 9.17) is 10.5 Å². The molecule has 0 radical (unpaired) electrons. The molecule has 0 saturated carbocycles. The van der Waals surface area contributed by atoms with Crippen molar-refractivity contribution in [2.24, 2.45) is 5.73 Å². The molecule has 13 heavy (non-hydrogen) atoms. The third kappa shape index (κ3) is 4.85. The molecule has 0 bridgehead atoms. The van der Waals surface area contributed by atoms with Crippen LogP contribution in [0.15, 0.2) is 0 Å². The van der Waals surface area contributed by atoms with E-state index in [-0.39, 0.29) is 6.42 Å². The highest BCUT2D eigenvalue weighted by Crippen LogP contribution is 2.15. The molecule has 0 aromatic rings. The molecule has 0 aliphatic rings. The Morgan fingerprint density at radius 3 is 2.54 bits per heavy atom. The maximum atomic E-state index is 11.1. The average molecular weight is 189 g/mol. The van der Waals surface area contributed by atoms with Crippen molar-refractivity contribution in [2.75, 3.05) is 6.61 Å². The second-order valence-electron chi connectivity index (χ2n) is 3.41. The van der Waals surface area contributed by atoms with Gasteiger partial charge < -0.3 is 15.6 Å². The highest BCUT2D eigenvalue weighted by Gasteiger charge is 2.26. The van der Waals surface area contributed by atoms with Crippen molar-refractivity contribution >= 4 is 5.97 Å². The fraction of sp³-hybridized carbons (Fsp3) is 0.889. The predicted octanol–water partition coefficient (Wildman–Crippen LogP) is 0.428. The lowest BCUT2D eigenvalue weighted by Crippen LogP contribution is -2.40. The molecule has 0 spiro atoms. The Morgan fingerprint density at radius 2 is 2.15 bits per heavy atom. The first kappa shape index (κ1) is 12.4. The Bertz CT molecular complexity index is 168. The summed E-state index contributed by atoms with van der Waals surface area (Å²) >= 11 is 0. The first-order valence-corrected chi connectivity index (χ1v) is 4.57. The fourth-order valence-corrected chi connectivity index (χ4v) is 0.951. The van der Waals surface area contributed by atoms with Crippen molar-refractivity contribution < 1.29 is 14.6 Å². The second kappa shape index (κ2) is 5.19. The van der Waals surface area contributed by atoms with Crippen LogP contribution >= 0.6 is 0 Å². The second-order valence-corrected chi connectivity index (χ2v) is 3.41. The Morgan fingerprint density at radius 1 is 1.62 bits per heavy atom. The molecular weight excluding hydrogens is 170 g/mol. The van der Waals surface area contributed by atoms with E-state index in [2.05, 4.69) is 0 Å². The van der Waals surface area contributed by atoms with E-state index in [1.165, 1.54) is 0 Å². The van der Waals surface area contributed by atoms with Gasteiger partial charge in [0.2, 0.25) is 0 Å². The molecule has 78 valence electrons. The molecule has 0 heterocycles. The lowest BCUT2D eigenvalue weighted by molar-refractivity contribution is -0.146. The van der Waals surface area contributed by atoms with E-state index in [9.17, 15) is 9.90 Å². The van der Waals surface area contributed by atoms with Crippen molar-refractivity contribution in [3.63, 3.8) is 0 Å². The Kier molecular flexibility index (Phi) is 4.95. The number of hydrogen-bond donors (Lipinski definition) is 2. The van der Waals surface area contributed by atoms with Gasteiger partial charge in [-0.25, -0.2) is 0 Å². The number of nitrogens with two attached hydrogens (primary N) is 1. The van der Waals surface area contributed by atoms with Crippen LogP contribution in [-0.4, -0.2) is 29.3 Å².